The Morgan fingerprint density at radius 3 is 2.73 bits per heavy atom. The Kier molecular flexibility index (Phi) is 2.03. The third-order valence-corrected chi connectivity index (χ3v) is 5.55. The third kappa shape index (κ3) is 1.07. The van der Waals surface area contributed by atoms with Crippen molar-refractivity contribution in [1.29, 1.82) is 0 Å². The highest BCUT2D eigenvalue weighted by atomic mass is 16.1. The van der Waals surface area contributed by atoms with E-state index in [4.69, 9.17) is 0 Å². The summed E-state index contributed by atoms with van der Waals surface area (Å²) in [5.74, 6) is 3.44. The smallest absolute Gasteiger partial charge is 0.136 e. The van der Waals surface area contributed by atoms with Gasteiger partial charge in [0.05, 0.1) is 0 Å². The minimum Gasteiger partial charge on any atom is -0.299 e. The first-order chi connectivity index (χ1) is 7.17. The number of Topliss-reactive ketones (excluding diaryl/α,β-unsaturated/α-hetero) is 1. The molecule has 1 spiro atoms. The first-order valence-corrected chi connectivity index (χ1v) is 6.69. The van der Waals surface area contributed by atoms with Gasteiger partial charge in [0.2, 0.25) is 0 Å². The zero-order valence-corrected chi connectivity index (χ0v) is 9.96. The zero-order valence-electron chi connectivity index (χ0n) is 9.96. The van der Waals surface area contributed by atoms with E-state index < -0.39 is 0 Å². The molecule has 3 aliphatic carbocycles. The fourth-order valence-corrected chi connectivity index (χ4v) is 5.18. The third-order valence-electron chi connectivity index (χ3n) is 5.55. The van der Waals surface area contributed by atoms with Crippen molar-refractivity contribution < 1.29 is 4.79 Å². The van der Waals surface area contributed by atoms with Crippen molar-refractivity contribution in [2.75, 3.05) is 0 Å². The molecule has 0 aromatic rings. The van der Waals surface area contributed by atoms with E-state index in [2.05, 4.69) is 13.8 Å². The molecule has 3 saturated carbocycles. The van der Waals surface area contributed by atoms with Crippen molar-refractivity contribution in [3.8, 4) is 0 Å². The maximum atomic E-state index is 12.1. The van der Waals surface area contributed by atoms with Crippen LogP contribution < -0.4 is 0 Å². The number of carbonyl (C=O) groups excluding carboxylic acids is 1. The molecule has 0 saturated heterocycles. The molecule has 4 atom stereocenters. The Morgan fingerprint density at radius 1 is 1.27 bits per heavy atom. The van der Waals surface area contributed by atoms with E-state index in [0.717, 1.165) is 18.3 Å². The van der Waals surface area contributed by atoms with E-state index in [9.17, 15) is 4.79 Å². The van der Waals surface area contributed by atoms with Gasteiger partial charge in [-0.1, -0.05) is 20.3 Å². The van der Waals surface area contributed by atoms with Gasteiger partial charge in [0.1, 0.15) is 5.78 Å². The molecule has 84 valence electrons. The minimum absolute atomic E-state index is 0.471. The van der Waals surface area contributed by atoms with E-state index >= 15 is 0 Å². The van der Waals surface area contributed by atoms with Crippen LogP contribution in [0.5, 0.6) is 0 Å². The van der Waals surface area contributed by atoms with Crippen molar-refractivity contribution in [2.45, 2.75) is 52.4 Å². The van der Waals surface area contributed by atoms with Gasteiger partial charge in [-0.3, -0.25) is 4.79 Å². The second-order valence-corrected chi connectivity index (χ2v) is 6.35. The molecule has 3 fully saturated rings. The van der Waals surface area contributed by atoms with Crippen LogP contribution in [0.2, 0.25) is 0 Å². The van der Waals surface area contributed by atoms with Crippen molar-refractivity contribution in [3.63, 3.8) is 0 Å². The lowest BCUT2D eigenvalue weighted by Gasteiger charge is -2.62. The maximum absolute atomic E-state index is 12.1. The van der Waals surface area contributed by atoms with Crippen LogP contribution in [0.1, 0.15) is 52.4 Å². The van der Waals surface area contributed by atoms with E-state index in [-0.39, 0.29) is 0 Å². The average Bonchev–Trinajstić information content (AvgIpc) is 2.47. The Labute approximate surface area is 92.6 Å². The Bertz CT molecular complexity index is 294. The summed E-state index contributed by atoms with van der Waals surface area (Å²) in [5.41, 5.74) is 0.504. The maximum Gasteiger partial charge on any atom is 0.136 e. The van der Waals surface area contributed by atoms with E-state index in [0.29, 0.717) is 23.0 Å². The van der Waals surface area contributed by atoms with Gasteiger partial charge in [-0.05, 0) is 48.9 Å². The number of hydrogen-bond donors (Lipinski definition) is 0. The van der Waals surface area contributed by atoms with Crippen LogP contribution in [0.15, 0.2) is 0 Å². The van der Waals surface area contributed by atoms with Gasteiger partial charge < -0.3 is 0 Å². The Balaban J connectivity index is 1.93. The van der Waals surface area contributed by atoms with E-state index in [1.54, 1.807) is 0 Å². The second kappa shape index (κ2) is 3.09. The van der Waals surface area contributed by atoms with Gasteiger partial charge in [0, 0.05) is 12.3 Å². The number of hydrogen-bond acceptors (Lipinski definition) is 1. The fourth-order valence-electron chi connectivity index (χ4n) is 5.18. The SMILES string of the molecule is CC(C)[C@@H]1[C@H]2CCC[C@@]23CCCC(=O)[C@@H]13. The van der Waals surface area contributed by atoms with Gasteiger partial charge in [-0.2, -0.15) is 0 Å². The highest BCUT2D eigenvalue weighted by molar-refractivity contribution is 5.84. The predicted molar refractivity (Wildman–Crippen MR) is 60.5 cm³/mol. The molecule has 0 amide bonds. The minimum atomic E-state index is 0.471. The lowest BCUT2D eigenvalue weighted by atomic mass is 9.41. The van der Waals surface area contributed by atoms with Gasteiger partial charge in [-0.25, -0.2) is 0 Å². The lowest BCUT2D eigenvalue weighted by Crippen LogP contribution is -2.60. The van der Waals surface area contributed by atoms with Crippen LogP contribution in [-0.2, 0) is 4.79 Å². The highest BCUT2D eigenvalue weighted by Crippen LogP contribution is 2.70. The second-order valence-electron chi connectivity index (χ2n) is 6.35. The molecule has 0 N–H and O–H groups in total. The first kappa shape index (κ1) is 9.86. The Hall–Kier alpha value is -0.330. The molecule has 15 heavy (non-hydrogen) atoms. The molecule has 0 radical (unpaired) electrons. The van der Waals surface area contributed by atoms with Gasteiger partial charge in [0.25, 0.3) is 0 Å². The average molecular weight is 206 g/mol. The number of ketones is 1. The molecule has 0 heterocycles. The number of rotatable bonds is 1. The van der Waals surface area contributed by atoms with Crippen LogP contribution in [0.4, 0.5) is 0 Å². The zero-order chi connectivity index (χ0) is 10.6. The lowest BCUT2D eigenvalue weighted by molar-refractivity contribution is -0.171. The van der Waals surface area contributed by atoms with Crippen LogP contribution in [0, 0.1) is 29.1 Å². The van der Waals surface area contributed by atoms with E-state index in [1.165, 1.54) is 32.1 Å². The Morgan fingerprint density at radius 2 is 2.00 bits per heavy atom. The molecule has 3 aliphatic rings. The quantitative estimate of drug-likeness (QED) is 0.642. The molecule has 0 aliphatic heterocycles. The van der Waals surface area contributed by atoms with Gasteiger partial charge >= 0.3 is 0 Å². The molecule has 0 aromatic carbocycles. The fraction of sp³-hybridized carbons (Fsp3) is 0.929. The summed E-state index contributed by atoms with van der Waals surface area (Å²) >= 11 is 0. The molecule has 1 nitrogen and oxygen atoms in total. The first-order valence-electron chi connectivity index (χ1n) is 6.69. The van der Waals surface area contributed by atoms with Crippen molar-refractivity contribution in [1.82, 2.24) is 0 Å². The summed E-state index contributed by atoms with van der Waals surface area (Å²) in [6.45, 7) is 4.63. The van der Waals surface area contributed by atoms with Crippen LogP contribution >= 0.6 is 0 Å². The predicted octanol–water partition coefficient (Wildman–Crippen LogP) is 3.43. The molecular weight excluding hydrogens is 184 g/mol. The molecule has 0 bridgehead atoms. The summed E-state index contributed by atoms with van der Waals surface area (Å²) in [6, 6.07) is 0. The van der Waals surface area contributed by atoms with Crippen LogP contribution in [0.25, 0.3) is 0 Å². The number of carbonyl (C=O) groups is 1. The highest BCUT2D eigenvalue weighted by Gasteiger charge is 2.66. The molecule has 1 heteroatoms. The monoisotopic (exact) mass is 206 g/mol. The molecule has 0 aromatic heterocycles. The summed E-state index contributed by atoms with van der Waals surface area (Å²) in [7, 11) is 0. The van der Waals surface area contributed by atoms with Crippen molar-refractivity contribution in [2.24, 2.45) is 29.1 Å². The van der Waals surface area contributed by atoms with Crippen molar-refractivity contribution >= 4 is 5.78 Å². The van der Waals surface area contributed by atoms with Crippen LogP contribution in [-0.4, -0.2) is 5.78 Å². The summed E-state index contributed by atoms with van der Waals surface area (Å²) < 4.78 is 0. The molecular formula is C14H22O. The topological polar surface area (TPSA) is 17.1 Å². The van der Waals surface area contributed by atoms with Crippen LogP contribution in [0.3, 0.4) is 0 Å². The van der Waals surface area contributed by atoms with Gasteiger partial charge in [0.15, 0.2) is 0 Å². The summed E-state index contributed by atoms with van der Waals surface area (Å²) in [5, 5.41) is 0. The van der Waals surface area contributed by atoms with E-state index in [1.807, 2.05) is 0 Å². The van der Waals surface area contributed by atoms with Gasteiger partial charge in [-0.15, -0.1) is 0 Å². The largest absolute Gasteiger partial charge is 0.299 e. The van der Waals surface area contributed by atoms with Crippen molar-refractivity contribution in [3.05, 3.63) is 0 Å². The molecule has 0 unspecified atom stereocenters. The summed E-state index contributed by atoms with van der Waals surface area (Å²) in [6.07, 6.45) is 7.57. The standard InChI is InChI=1S/C14H22O/c1-9(2)12-10-5-3-7-14(10)8-4-6-11(15)13(12)14/h9-10,12-13H,3-8H2,1-2H3/t10-,12-,13+,14-/m1/s1. The molecule has 3 rings (SSSR count). The summed E-state index contributed by atoms with van der Waals surface area (Å²) in [4.78, 5) is 12.1. The normalized spacial score (nSPS) is 48.7.